The van der Waals surface area contributed by atoms with Gasteiger partial charge in [-0.15, -0.1) is 0 Å². The number of aliphatic hydroxyl groups is 1. The number of likely N-dealkylation sites (tertiary alicyclic amines) is 1. The van der Waals surface area contributed by atoms with Crippen molar-refractivity contribution in [2.75, 3.05) is 26.3 Å². The first-order chi connectivity index (χ1) is 21.8. The van der Waals surface area contributed by atoms with Gasteiger partial charge in [-0.1, -0.05) is 24.3 Å². The molecule has 10 nitrogen and oxygen atoms in total. The molecule has 0 spiro atoms. The molecule has 0 unspecified atom stereocenters. The molecule has 3 aromatic carbocycles. The van der Waals surface area contributed by atoms with Gasteiger partial charge in [0.05, 0.1) is 17.8 Å². The van der Waals surface area contributed by atoms with Crippen LogP contribution < -0.4 is 9.46 Å². The minimum atomic E-state index is -3.58. The predicted molar refractivity (Wildman–Crippen MR) is 168 cm³/mol. The normalized spacial score (nSPS) is 19.8. The summed E-state index contributed by atoms with van der Waals surface area (Å²) >= 11 is 0. The summed E-state index contributed by atoms with van der Waals surface area (Å²) in [5.41, 5.74) is 7.30. The number of oxazole rings is 1. The molecule has 1 aromatic heterocycles. The number of nitrogens with one attached hydrogen (secondary N) is 1. The summed E-state index contributed by atoms with van der Waals surface area (Å²) in [6, 6.07) is 18.0. The number of carbonyl (C=O) groups is 1. The highest BCUT2D eigenvalue weighted by Crippen LogP contribution is 2.44. The van der Waals surface area contributed by atoms with Crippen molar-refractivity contribution in [3.05, 3.63) is 70.8 Å². The number of sulfonamides is 1. The predicted octanol–water partition coefficient (Wildman–Crippen LogP) is 4.63. The van der Waals surface area contributed by atoms with Gasteiger partial charge in [0.15, 0.2) is 5.58 Å². The van der Waals surface area contributed by atoms with Crippen LogP contribution in [0, 0.1) is 24.2 Å². The van der Waals surface area contributed by atoms with Gasteiger partial charge in [-0.25, -0.2) is 13.4 Å². The second-order valence-electron chi connectivity index (χ2n) is 12.1. The van der Waals surface area contributed by atoms with Gasteiger partial charge in [-0.05, 0) is 97.7 Å². The molecule has 3 aliphatic rings. The first-order valence-corrected chi connectivity index (χ1v) is 16.9. The fraction of sp³-hybridized carbons (Fsp3) is 0.382. The van der Waals surface area contributed by atoms with E-state index in [0.717, 1.165) is 39.8 Å². The van der Waals surface area contributed by atoms with E-state index >= 15 is 0 Å². The summed E-state index contributed by atoms with van der Waals surface area (Å²) in [5, 5.41) is 18.9. The Hall–Kier alpha value is -4.24. The minimum Gasteiger partial charge on any atom is -0.491 e. The number of aliphatic hydroxyl groups excluding tert-OH is 1. The Labute approximate surface area is 261 Å². The van der Waals surface area contributed by atoms with Gasteiger partial charge in [0, 0.05) is 18.2 Å². The molecule has 7 rings (SSSR count). The van der Waals surface area contributed by atoms with Crippen LogP contribution in [-0.2, 0) is 21.2 Å². The van der Waals surface area contributed by atoms with Gasteiger partial charge in [0.25, 0.3) is 0 Å². The van der Waals surface area contributed by atoms with Crippen molar-refractivity contribution >= 4 is 27.0 Å². The molecule has 2 atom stereocenters. The van der Waals surface area contributed by atoms with Crippen LogP contribution in [0.4, 0.5) is 0 Å². The third-order valence-electron chi connectivity index (χ3n) is 9.27. The van der Waals surface area contributed by atoms with E-state index in [1.54, 1.807) is 0 Å². The number of amides is 1. The molecule has 1 aliphatic heterocycles. The van der Waals surface area contributed by atoms with Gasteiger partial charge in [-0.3, -0.25) is 14.4 Å². The maximum absolute atomic E-state index is 12.8. The van der Waals surface area contributed by atoms with Crippen LogP contribution in [0.1, 0.15) is 54.0 Å². The second kappa shape index (κ2) is 11.6. The number of benzene rings is 3. The molecule has 1 saturated carbocycles. The number of nitrogens with zero attached hydrogens (tertiary/aromatic N) is 3. The molecular weight excluding hydrogens is 592 g/mol. The van der Waals surface area contributed by atoms with Gasteiger partial charge >= 0.3 is 0 Å². The van der Waals surface area contributed by atoms with E-state index in [4.69, 9.17) is 19.2 Å². The van der Waals surface area contributed by atoms with E-state index in [9.17, 15) is 18.5 Å². The Kier molecular flexibility index (Phi) is 7.60. The number of hydrogen-bond donors (Lipinski definition) is 2. The van der Waals surface area contributed by atoms with Crippen molar-refractivity contribution in [3.63, 3.8) is 0 Å². The zero-order valence-electron chi connectivity index (χ0n) is 25.0. The highest BCUT2D eigenvalue weighted by Gasteiger charge is 2.41. The third kappa shape index (κ3) is 5.47. The van der Waals surface area contributed by atoms with E-state index in [0.29, 0.717) is 67.1 Å². The quantitative estimate of drug-likeness (QED) is 0.272. The number of nitriles is 1. The Bertz CT molecular complexity index is 1960. The topological polar surface area (TPSA) is 146 Å². The number of fused-ring (bicyclic) bond motifs is 2. The zero-order valence-corrected chi connectivity index (χ0v) is 25.8. The molecule has 2 fully saturated rings. The average molecular weight is 627 g/mol. The Morgan fingerprint density at radius 3 is 2.73 bits per heavy atom. The average Bonchev–Trinajstić information content (AvgIpc) is 3.44. The van der Waals surface area contributed by atoms with Crippen LogP contribution in [0.15, 0.2) is 52.9 Å². The Morgan fingerprint density at radius 2 is 1.96 bits per heavy atom. The van der Waals surface area contributed by atoms with Crippen molar-refractivity contribution in [2.45, 2.75) is 50.3 Å². The molecule has 1 amide bonds. The van der Waals surface area contributed by atoms with Crippen molar-refractivity contribution in [2.24, 2.45) is 5.92 Å². The number of aromatic nitrogens is 1. The van der Waals surface area contributed by atoms with E-state index in [1.165, 1.54) is 0 Å². The Balaban J connectivity index is 1.17. The summed E-state index contributed by atoms with van der Waals surface area (Å²) in [5.74, 6) is 0.296. The maximum atomic E-state index is 12.8. The molecule has 1 saturated heterocycles. The van der Waals surface area contributed by atoms with Gasteiger partial charge < -0.3 is 14.3 Å². The zero-order chi connectivity index (χ0) is 31.3. The lowest BCUT2D eigenvalue weighted by Gasteiger charge is -2.24. The lowest BCUT2D eigenvalue weighted by Crippen LogP contribution is -2.38. The number of rotatable bonds is 9. The maximum Gasteiger partial charge on any atom is 0.237 e. The largest absolute Gasteiger partial charge is 0.491 e. The van der Waals surface area contributed by atoms with E-state index in [1.807, 2.05) is 55.5 Å². The number of carbonyl (C=O) groups excluding carboxylic acids is 1. The van der Waals surface area contributed by atoms with E-state index in [2.05, 4.69) is 15.7 Å². The molecule has 0 bridgehead atoms. The fourth-order valence-electron chi connectivity index (χ4n) is 6.81. The van der Waals surface area contributed by atoms with Gasteiger partial charge in [0.2, 0.25) is 21.8 Å². The fourth-order valence-corrected chi connectivity index (χ4v) is 8.18. The van der Waals surface area contributed by atoms with Crippen LogP contribution >= 0.6 is 0 Å². The standard InChI is InChI=1S/C34H34N4O6S/c1-20-25(21-4-2-5-23(16-21)43-15-14-39)6-3-7-26(20)34-36-30-17-28-27(29(18-35)32(30)44-34)10-11-31(28)38-13-12-22(19-38)33(40)37-45(41,42)24-8-9-24/h2-7,16-17,22,24,31,39H,8-15,19H2,1H3,(H,37,40)/t22-,31-/m1/s1. The molecule has 4 aromatic rings. The smallest absolute Gasteiger partial charge is 0.237 e. The van der Waals surface area contributed by atoms with E-state index in [-0.39, 0.29) is 19.3 Å². The summed E-state index contributed by atoms with van der Waals surface area (Å²) < 4.78 is 38.9. The van der Waals surface area contributed by atoms with Crippen LogP contribution in [-0.4, -0.2) is 60.9 Å². The molecule has 2 N–H and O–H groups in total. The monoisotopic (exact) mass is 626 g/mol. The SMILES string of the molecule is Cc1c(-c2cccc(OCCO)c2)cccc1-c1nc2cc3c(c(C#N)c2o1)CC[C@H]3N1CC[C@@H](C(=O)NS(=O)(=O)C2CC2)C1. The first kappa shape index (κ1) is 29.5. The molecular formula is C34H34N4O6S. The highest BCUT2D eigenvalue weighted by atomic mass is 32.2. The molecule has 2 heterocycles. The number of hydrogen-bond acceptors (Lipinski definition) is 9. The van der Waals surface area contributed by atoms with Crippen LogP contribution in [0.5, 0.6) is 5.75 Å². The molecule has 11 heteroatoms. The van der Waals surface area contributed by atoms with Crippen LogP contribution in [0.25, 0.3) is 33.7 Å². The van der Waals surface area contributed by atoms with Crippen LogP contribution in [0.2, 0.25) is 0 Å². The number of ether oxygens (including phenoxy) is 1. The first-order valence-electron chi connectivity index (χ1n) is 15.4. The van der Waals surface area contributed by atoms with E-state index < -0.39 is 27.1 Å². The van der Waals surface area contributed by atoms with Crippen molar-refractivity contribution in [1.29, 1.82) is 5.26 Å². The summed E-state index contributed by atoms with van der Waals surface area (Å²) in [7, 11) is -3.58. The van der Waals surface area contributed by atoms with Gasteiger partial charge in [0.1, 0.15) is 29.5 Å². The molecule has 232 valence electrons. The summed E-state index contributed by atoms with van der Waals surface area (Å²) in [6.07, 6.45) is 3.32. The third-order valence-corrected chi connectivity index (χ3v) is 11.1. The molecule has 45 heavy (non-hydrogen) atoms. The summed E-state index contributed by atoms with van der Waals surface area (Å²) in [6.45, 7) is 3.31. The lowest BCUT2D eigenvalue weighted by molar-refractivity contribution is -0.122. The molecule has 0 radical (unpaired) electrons. The lowest BCUT2D eigenvalue weighted by atomic mass is 9.96. The summed E-state index contributed by atoms with van der Waals surface area (Å²) in [4.78, 5) is 19.9. The van der Waals surface area contributed by atoms with Gasteiger partial charge in [-0.2, -0.15) is 5.26 Å². The van der Waals surface area contributed by atoms with Crippen LogP contribution in [0.3, 0.4) is 0 Å². The highest BCUT2D eigenvalue weighted by molar-refractivity contribution is 7.90. The Morgan fingerprint density at radius 1 is 1.16 bits per heavy atom. The second-order valence-corrected chi connectivity index (χ2v) is 14.1. The molecule has 2 aliphatic carbocycles. The van der Waals surface area contributed by atoms with Crippen molar-refractivity contribution < 1.29 is 27.5 Å². The van der Waals surface area contributed by atoms with Crippen molar-refractivity contribution in [3.8, 4) is 34.4 Å². The minimum absolute atomic E-state index is 0.0138. The van der Waals surface area contributed by atoms with Crippen molar-refractivity contribution in [1.82, 2.24) is 14.6 Å².